The van der Waals surface area contributed by atoms with Crippen LogP contribution in [-0.4, -0.2) is 144 Å². The number of benzene rings is 2. The summed E-state index contributed by atoms with van der Waals surface area (Å²) in [6.07, 6.45) is 1.08. The molecule has 452 valence electrons. The van der Waals surface area contributed by atoms with Crippen molar-refractivity contribution < 1.29 is 78.4 Å². The number of hydrogen-bond acceptors (Lipinski definition) is 16. The third-order valence-corrected chi connectivity index (χ3v) is 15.0. The summed E-state index contributed by atoms with van der Waals surface area (Å²) < 4.78 is 62.2. The zero-order chi connectivity index (χ0) is 59.3. The Bertz CT molecular complexity index is 2120. The van der Waals surface area contributed by atoms with Crippen LogP contribution >= 0.6 is 0 Å². The average molecular weight is 1120 g/mol. The third kappa shape index (κ3) is 23.5. The number of carbonyl (C=O) groups is 3. The third-order valence-electron chi connectivity index (χ3n) is 15.0. The molecule has 9 atom stereocenters. The lowest BCUT2D eigenvalue weighted by atomic mass is 9.76. The maximum absolute atomic E-state index is 13.6. The van der Waals surface area contributed by atoms with E-state index < -0.39 is 77.7 Å². The van der Waals surface area contributed by atoms with Crippen LogP contribution in [0, 0.1) is 11.8 Å². The summed E-state index contributed by atoms with van der Waals surface area (Å²) >= 11 is 0. The predicted molar refractivity (Wildman–Crippen MR) is 308 cm³/mol. The smallest absolute Gasteiger partial charge is 0.338 e. The zero-order valence-electron chi connectivity index (χ0n) is 50.9. The summed E-state index contributed by atoms with van der Waals surface area (Å²) in [7, 11) is 5.98. The normalized spacial score (nSPS) is 25.4. The minimum atomic E-state index is -1.12. The van der Waals surface area contributed by atoms with Crippen LogP contribution in [0.2, 0.25) is 0 Å². The van der Waals surface area contributed by atoms with Crippen molar-refractivity contribution in [2.75, 3.05) is 55.6 Å². The van der Waals surface area contributed by atoms with Crippen molar-refractivity contribution in [3.63, 3.8) is 0 Å². The molecule has 2 aromatic rings. The molecule has 79 heavy (non-hydrogen) atoms. The molecule has 4 bridgehead atoms. The van der Waals surface area contributed by atoms with E-state index in [0.29, 0.717) is 31.6 Å². The fraction of sp³-hybridized carbons (Fsp3) is 0.698. The first-order chi connectivity index (χ1) is 37.5. The second-order valence-corrected chi connectivity index (χ2v) is 21.4. The van der Waals surface area contributed by atoms with Crippen molar-refractivity contribution in [1.82, 2.24) is 0 Å². The Kier molecular flexibility index (Phi) is 34.2. The van der Waals surface area contributed by atoms with Gasteiger partial charge in [0.05, 0.1) is 18.3 Å². The minimum Gasteiger partial charge on any atom is -0.456 e. The van der Waals surface area contributed by atoms with Crippen molar-refractivity contribution >= 4 is 17.7 Å². The van der Waals surface area contributed by atoms with Crippen molar-refractivity contribution in [2.45, 2.75) is 220 Å². The molecule has 4 rings (SSSR count). The molecule has 0 saturated carbocycles. The van der Waals surface area contributed by atoms with Crippen LogP contribution < -0.4 is 0 Å². The van der Waals surface area contributed by atoms with Crippen LogP contribution in [0.15, 0.2) is 71.8 Å². The Hall–Kier alpha value is -3.91. The van der Waals surface area contributed by atoms with Crippen LogP contribution in [0.3, 0.4) is 0 Å². The summed E-state index contributed by atoms with van der Waals surface area (Å²) in [6.45, 7) is 22.0. The predicted octanol–water partition coefficient (Wildman–Crippen LogP) is 10.5. The van der Waals surface area contributed by atoms with E-state index in [1.807, 2.05) is 90.1 Å². The number of cyclic esters (lactones) is 2. The van der Waals surface area contributed by atoms with Gasteiger partial charge in [-0.2, -0.15) is 0 Å². The summed E-state index contributed by atoms with van der Waals surface area (Å²) in [6, 6.07) is 15.5. The van der Waals surface area contributed by atoms with Crippen LogP contribution in [0.4, 0.5) is 0 Å². The number of ether oxygens (including phenoxy) is 10. The molecule has 0 spiro atoms. The molecule has 2 aromatic carbocycles. The van der Waals surface area contributed by atoms with Crippen molar-refractivity contribution in [1.29, 1.82) is 0 Å². The minimum absolute atomic E-state index is 0. The van der Waals surface area contributed by atoms with E-state index >= 15 is 0 Å². The molecule has 0 saturated heterocycles. The highest BCUT2D eigenvalue weighted by Crippen LogP contribution is 2.34. The van der Waals surface area contributed by atoms with E-state index in [0.717, 1.165) is 59.1 Å². The maximum atomic E-state index is 13.6. The topological polar surface area (TPSA) is 204 Å². The van der Waals surface area contributed by atoms with Gasteiger partial charge in [0.1, 0.15) is 57.4 Å². The molecule has 0 fully saturated rings. The Balaban J connectivity index is 0.000000753. The lowest BCUT2D eigenvalue weighted by molar-refractivity contribution is -0.193. The molecule has 16 nitrogen and oxygen atoms in total. The van der Waals surface area contributed by atoms with Crippen molar-refractivity contribution in [2.24, 2.45) is 11.8 Å². The van der Waals surface area contributed by atoms with Gasteiger partial charge in [-0.15, -0.1) is 0 Å². The van der Waals surface area contributed by atoms with Gasteiger partial charge in [0.25, 0.3) is 0 Å². The zero-order valence-corrected chi connectivity index (χ0v) is 49.9. The fourth-order valence-electron chi connectivity index (χ4n) is 9.50. The number of allylic oxidation sites excluding steroid dienone is 2. The van der Waals surface area contributed by atoms with Crippen LogP contribution in [0.1, 0.15) is 165 Å². The van der Waals surface area contributed by atoms with E-state index in [9.17, 15) is 29.7 Å². The quantitative estimate of drug-likeness (QED) is 0.0641. The van der Waals surface area contributed by atoms with E-state index in [2.05, 4.69) is 39.8 Å². The molecule has 2 aliphatic heterocycles. The molecule has 16 heteroatoms. The highest BCUT2D eigenvalue weighted by atomic mass is 16.7. The van der Waals surface area contributed by atoms with Gasteiger partial charge in [0.2, 0.25) is 0 Å². The number of aliphatic hydroxyl groups is 3. The average Bonchev–Trinajstić information content (AvgIpc) is 3.41. The lowest BCUT2D eigenvalue weighted by Crippen LogP contribution is -2.44. The van der Waals surface area contributed by atoms with Crippen molar-refractivity contribution in [3.8, 4) is 0 Å². The van der Waals surface area contributed by atoms with E-state index in [4.69, 9.17) is 48.7 Å². The number of fused-ring (bicyclic) bond motifs is 4. The first kappa shape index (κ1) is 71.2. The SMILES string of the molecule is C.CCC(/C=C(/C)[C@@H]1CC(=O)C[C@H](O)C(C)(C)c2cccc(c2)C[C@@H](OCOC)[C@H](OCOC)C(=O)O1)CC.CCC(/C=C(/C)[C@@H]1C[C@@H](O)C[C@H](O)C(C)(C)c2cccc(c2)C[C@@H](OCOC)[C@H](OCOC)C(=O)O1)CC.[2H]CC. The summed E-state index contributed by atoms with van der Waals surface area (Å²) in [5, 5.41) is 33.4. The molecular weight excluding hydrogens is 1010 g/mol. The molecule has 2 heterocycles. The van der Waals surface area contributed by atoms with E-state index in [-0.39, 0.29) is 66.1 Å². The van der Waals surface area contributed by atoms with Gasteiger partial charge < -0.3 is 62.7 Å². The number of methoxy groups -OCH3 is 4. The standard InChI is InChI=1S/C30H48O8.C30H46O8.C2H6.CH4/c2*1-8-21(9-2)13-20(3)25-16-24(31)17-27(32)30(4,5)23-12-10-11-22(14-23)15-26(36-18-34-6)28(29(33)38-25)37-19-35-7;1-2;/h10-14,21,24-28,31-32H,8-9,15-19H2,1-7H3;10-14,21,25-28,32H,8-9,15-19H2,1-7H3;1-2H3;1H4/b2*20-13-;;/t24-,25+,26-,27+,28+;25-,26+,27-,28-;;/m10../s1/i;;1D;. The number of carbonyl (C=O) groups excluding carboxylic acids is 3. The van der Waals surface area contributed by atoms with Crippen LogP contribution in [-0.2, 0) is 85.4 Å². The molecular formula is C63H104O16. The number of aliphatic hydroxyl groups excluding tert-OH is 3. The lowest BCUT2D eigenvalue weighted by Gasteiger charge is -2.35. The highest BCUT2D eigenvalue weighted by molar-refractivity contribution is 5.81. The molecule has 3 N–H and O–H groups in total. The van der Waals surface area contributed by atoms with Gasteiger partial charge in [-0.25, -0.2) is 9.59 Å². The summed E-state index contributed by atoms with van der Waals surface area (Å²) in [4.78, 5) is 40.4. The Morgan fingerprint density at radius 2 is 0.987 bits per heavy atom. The summed E-state index contributed by atoms with van der Waals surface area (Å²) in [5.41, 5.74) is 3.95. The molecule has 0 unspecified atom stereocenters. The van der Waals surface area contributed by atoms with E-state index in [1.54, 1.807) is 6.92 Å². The Labute approximate surface area is 476 Å². The first-order valence-corrected chi connectivity index (χ1v) is 27.8. The van der Waals surface area contributed by atoms with Gasteiger partial charge in [-0.1, -0.05) is 137 Å². The monoisotopic (exact) mass is 1120 g/mol. The van der Waals surface area contributed by atoms with Gasteiger partial charge >= 0.3 is 11.9 Å². The number of Topliss-reactive ketones (excluding diaryl/α,β-unsaturated/α-hetero) is 1. The van der Waals surface area contributed by atoms with Crippen molar-refractivity contribution in [3.05, 3.63) is 94.1 Å². The van der Waals surface area contributed by atoms with Gasteiger partial charge in [-0.3, -0.25) is 4.79 Å². The molecule has 2 aliphatic rings. The second kappa shape index (κ2) is 38.0. The van der Waals surface area contributed by atoms with Gasteiger partial charge in [0.15, 0.2) is 12.2 Å². The highest BCUT2D eigenvalue weighted by Gasteiger charge is 2.40. The van der Waals surface area contributed by atoms with Crippen LogP contribution in [0.25, 0.3) is 0 Å². The number of esters is 2. The number of ketones is 1. The second-order valence-electron chi connectivity index (χ2n) is 21.4. The number of hydrogen-bond donors (Lipinski definition) is 3. The first-order valence-electron chi connectivity index (χ1n) is 28.5. The molecule has 0 radical (unpaired) electrons. The molecule has 0 aliphatic carbocycles. The molecule has 0 amide bonds. The van der Waals surface area contributed by atoms with Crippen LogP contribution in [0.5, 0.6) is 0 Å². The summed E-state index contributed by atoms with van der Waals surface area (Å²) in [5.74, 6) is -0.814. The van der Waals surface area contributed by atoms with Gasteiger partial charge in [-0.05, 0) is 84.8 Å². The van der Waals surface area contributed by atoms with E-state index in [1.165, 1.54) is 28.4 Å². The van der Waals surface area contributed by atoms with Gasteiger partial charge in [0, 0.05) is 79.2 Å². The fourth-order valence-corrected chi connectivity index (χ4v) is 9.50. The Morgan fingerprint density at radius 3 is 1.39 bits per heavy atom. The Morgan fingerprint density at radius 1 is 0.608 bits per heavy atom. The maximum Gasteiger partial charge on any atom is 0.338 e. The largest absolute Gasteiger partial charge is 0.456 e. The molecule has 0 aromatic heterocycles. The number of rotatable bonds is 20.